The average Bonchev–Trinajstić information content (AvgIpc) is 2.81. The van der Waals surface area contributed by atoms with E-state index in [9.17, 15) is 9.90 Å². The van der Waals surface area contributed by atoms with Gasteiger partial charge in [-0.3, -0.25) is 4.79 Å². The molecule has 170 valence electrons. The van der Waals surface area contributed by atoms with Gasteiger partial charge in [-0.05, 0) is 48.4 Å². The van der Waals surface area contributed by atoms with E-state index in [1.165, 1.54) is 5.56 Å². The number of rotatable bonds is 5. The van der Waals surface area contributed by atoms with Crippen LogP contribution in [0.1, 0.15) is 74.6 Å². The first kappa shape index (κ1) is 22.6. The molecule has 1 amide bonds. The number of piperidine rings is 1. The number of fused-ring (bicyclic) bond motifs is 1. The number of aliphatic hydroxyl groups is 1. The molecular formula is C28H35NO3. The number of methoxy groups -OCH3 is 1. The van der Waals surface area contributed by atoms with Crippen molar-refractivity contribution < 1.29 is 14.6 Å². The van der Waals surface area contributed by atoms with Crippen LogP contribution < -0.4 is 4.74 Å². The lowest BCUT2D eigenvalue weighted by Crippen LogP contribution is -2.56. The Bertz CT molecular complexity index is 965. The second kappa shape index (κ2) is 9.50. The molecule has 2 fully saturated rings. The predicted octanol–water partition coefficient (Wildman–Crippen LogP) is 5.73. The standard InChI is InChI=1S/C28H35NO3/c1-20(2)22-14-11-21(12-15-22)13-16-26(30)29-19-18-28(31)17-7-6-9-24(28)27(29)23-8-4-5-10-25(23)32-3/h4-5,8,10-16,20,24,27,31H,6-7,9,17-19H2,1-3H3/b16-13+/t24-,27-,28+/m1/s1. The highest BCUT2D eigenvalue weighted by atomic mass is 16.5. The summed E-state index contributed by atoms with van der Waals surface area (Å²) in [4.78, 5) is 15.4. The van der Waals surface area contributed by atoms with E-state index in [1.807, 2.05) is 35.2 Å². The lowest BCUT2D eigenvalue weighted by atomic mass is 9.66. The first-order chi connectivity index (χ1) is 15.4. The molecular weight excluding hydrogens is 398 g/mol. The molecule has 3 atom stereocenters. The molecule has 2 aromatic rings. The Kier molecular flexibility index (Phi) is 6.71. The molecule has 1 aliphatic heterocycles. The highest BCUT2D eigenvalue weighted by Gasteiger charge is 2.50. The molecule has 1 saturated carbocycles. The van der Waals surface area contributed by atoms with E-state index in [4.69, 9.17) is 4.74 Å². The van der Waals surface area contributed by atoms with Crippen LogP contribution in [0.3, 0.4) is 0 Å². The molecule has 0 aromatic heterocycles. The minimum atomic E-state index is -0.711. The molecule has 2 aromatic carbocycles. The first-order valence-electron chi connectivity index (χ1n) is 11.9. The third kappa shape index (κ3) is 4.47. The van der Waals surface area contributed by atoms with Crippen LogP contribution >= 0.6 is 0 Å². The minimum Gasteiger partial charge on any atom is -0.496 e. The van der Waals surface area contributed by atoms with Crippen LogP contribution in [0.4, 0.5) is 0 Å². The van der Waals surface area contributed by atoms with E-state index in [0.29, 0.717) is 18.9 Å². The summed E-state index contributed by atoms with van der Waals surface area (Å²) in [5.41, 5.74) is 2.58. The predicted molar refractivity (Wildman–Crippen MR) is 129 cm³/mol. The molecule has 4 heteroatoms. The maximum Gasteiger partial charge on any atom is 0.247 e. The molecule has 2 aliphatic rings. The normalized spacial score (nSPS) is 25.7. The SMILES string of the molecule is COc1ccccc1[C@@H]1[C@H]2CCCC[C@]2(O)CCN1C(=O)/C=C/c1ccc(C(C)C)cc1. The lowest BCUT2D eigenvalue weighted by molar-refractivity contribution is -0.151. The van der Waals surface area contributed by atoms with E-state index < -0.39 is 5.60 Å². The van der Waals surface area contributed by atoms with Gasteiger partial charge in [-0.15, -0.1) is 0 Å². The van der Waals surface area contributed by atoms with Gasteiger partial charge >= 0.3 is 0 Å². The quantitative estimate of drug-likeness (QED) is 0.613. The van der Waals surface area contributed by atoms with Crippen LogP contribution in [0.5, 0.6) is 5.75 Å². The van der Waals surface area contributed by atoms with Crippen molar-refractivity contribution in [3.05, 3.63) is 71.3 Å². The average molecular weight is 434 g/mol. The minimum absolute atomic E-state index is 0.0125. The number of hydrogen-bond acceptors (Lipinski definition) is 3. The Morgan fingerprint density at radius 2 is 1.88 bits per heavy atom. The maximum absolute atomic E-state index is 13.4. The molecule has 0 spiro atoms. The monoisotopic (exact) mass is 433 g/mol. The van der Waals surface area contributed by atoms with Crippen LogP contribution in [-0.4, -0.2) is 35.2 Å². The van der Waals surface area contributed by atoms with Gasteiger partial charge < -0.3 is 14.7 Å². The number of ether oxygens (including phenoxy) is 1. The summed E-state index contributed by atoms with van der Waals surface area (Å²) >= 11 is 0. The Hall–Kier alpha value is -2.59. The Labute approximate surface area is 191 Å². The number of benzene rings is 2. The number of nitrogens with zero attached hydrogens (tertiary/aromatic N) is 1. The van der Waals surface area contributed by atoms with Gasteiger partial charge in [0.15, 0.2) is 0 Å². The molecule has 4 nitrogen and oxygen atoms in total. The van der Waals surface area contributed by atoms with Crippen molar-refractivity contribution in [3.8, 4) is 5.75 Å². The fraction of sp³-hybridized carbons (Fsp3) is 0.464. The van der Waals surface area contributed by atoms with Gasteiger partial charge in [-0.2, -0.15) is 0 Å². The van der Waals surface area contributed by atoms with Gasteiger partial charge in [0.25, 0.3) is 0 Å². The van der Waals surface area contributed by atoms with Crippen LogP contribution in [0.2, 0.25) is 0 Å². The zero-order valence-corrected chi connectivity index (χ0v) is 19.5. The van der Waals surface area contributed by atoms with Crippen molar-refractivity contribution in [1.82, 2.24) is 4.90 Å². The summed E-state index contributed by atoms with van der Waals surface area (Å²) in [6, 6.07) is 16.1. The van der Waals surface area contributed by atoms with E-state index in [0.717, 1.165) is 42.6 Å². The largest absolute Gasteiger partial charge is 0.496 e. The Morgan fingerprint density at radius 1 is 1.12 bits per heavy atom. The Balaban J connectivity index is 1.64. The van der Waals surface area contributed by atoms with Gasteiger partial charge in [-0.1, -0.05) is 69.2 Å². The summed E-state index contributed by atoms with van der Waals surface area (Å²) in [7, 11) is 1.67. The number of amides is 1. The van der Waals surface area contributed by atoms with Crippen LogP contribution in [-0.2, 0) is 4.79 Å². The summed E-state index contributed by atoms with van der Waals surface area (Å²) in [5.74, 6) is 1.27. The number of hydrogen-bond donors (Lipinski definition) is 1. The fourth-order valence-corrected chi connectivity index (χ4v) is 5.48. The smallest absolute Gasteiger partial charge is 0.247 e. The highest BCUT2D eigenvalue weighted by molar-refractivity contribution is 5.92. The van der Waals surface area contributed by atoms with Crippen molar-refractivity contribution in [2.24, 2.45) is 5.92 Å². The van der Waals surface area contributed by atoms with Crippen molar-refractivity contribution in [1.29, 1.82) is 0 Å². The van der Waals surface area contributed by atoms with Crippen LogP contribution in [0.15, 0.2) is 54.6 Å². The van der Waals surface area contributed by atoms with Crippen molar-refractivity contribution in [2.75, 3.05) is 13.7 Å². The second-order valence-electron chi connectivity index (χ2n) is 9.58. The molecule has 0 unspecified atom stereocenters. The highest BCUT2D eigenvalue weighted by Crippen LogP contribution is 2.50. The topological polar surface area (TPSA) is 49.8 Å². The molecule has 4 rings (SSSR count). The van der Waals surface area contributed by atoms with Gasteiger partial charge in [0.1, 0.15) is 5.75 Å². The molecule has 1 saturated heterocycles. The van der Waals surface area contributed by atoms with Gasteiger partial charge in [-0.25, -0.2) is 0 Å². The van der Waals surface area contributed by atoms with Crippen molar-refractivity contribution >= 4 is 12.0 Å². The number of para-hydroxylation sites is 1. The van der Waals surface area contributed by atoms with Gasteiger partial charge in [0, 0.05) is 24.1 Å². The van der Waals surface area contributed by atoms with Gasteiger partial charge in [0.2, 0.25) is 5.91 Å². The molecule has 1 N–H and O–H groups in total. The van der Waals surface area contributed by atoms with E-state index in [-0.39, 0.29) is 17.9 Å². The zero-order chi connectivity index (χ0) is 22.7. The molecule has 32 heavy (non-hydrogen) atoms. The summed E-state index contributed by atoms with van der Waals surface area (Å²) in [6.45, 7) is 4.90. The number of carbonyl (C=O) groups is 1. The molecule has 1 heterocycles. The number of carbonyl (C=O) groups excluding carboxylic acids is 1. The summed E-state index contributed by atoms with van der Waals surface area (Å²) < 4.78 is 5.66. The maximum atomic E-state index is 13.4. The first-order valence-corrected chi connectivity index (χ1v) is 11.9. The van der Waals surface area contributed by atoms with E-state index >= 15 is 0 Å². The van der Waals surface area contributed by atoms with Crippen LogP contribution in [0.25, 0.3) is 6.08 Å². The second-order valence-corrected chi connectivity index (χ2v) is 9.58. The molecule has 0 bridgehead atoms. The lowest BCUT2D eigenvalue weighted by Gasteiger charge is -2.52. The molecule has 1 aliphatic carbocycles. The third-order valence-corrected chi connectivity index (χ3v) is 7.33. The third-order valence-electron chi connectivity index (χ3n) is 7.33. The Morgan fingerprint density at radius 3 is 2.59 bits per heavy atom. The fourth-order valence-electron chi connectivity index (χ4n) is 5.48. The summed E-state index contributed by atoms with van der Waals surface area (Å²) in [5, 5.41) is 11.5. The van der Waals surface area contributed by atoms with Gasteiger partial charge in [0.05, 0.1) is 18.8 Å². The van der Waals surface area contributed by atoms with E-state index in [1.54, 1.807) is 13.2 Å². The van der Waals surface area contributed by atoms with Crippen molar-refractivity contribution in [2.45, 2.75) is 63.5 Å². The van der Waals surface area contributed by atoms with Crippen LogP contribution in [0, 0.1) is 5.92 Å². The zero-order valence-electron chi connectivity index (χ0n) is 19.5. The summed E-state index contributed by atoms with van der Waals surface area (Å²) in [6.07, 6.45) is 8.07. The van der Waals surface area contributed by atoms with E-state index in [2.05, 4.69) is 38.1 Å². The van der Waals surface area contributed by atoms with Crippen molar-refractivity contribution in [3.63, 3.8) is 0 Å². The number of likely N-dealkylation sites (tertiary alicyclic amines) is 1. The molecule has 0 radical (unpaired) electrons.